The molecule has 0 spiro atoms. The van der Waals surface area contributed by atoms with Gasteiger partial charge in [0, 0.05) is 23.6 Å². The number of rotatable bonds is 5. The lowest BCUT2D eigenvalue weighted by Gasteiger charge is -2.10. The number of aromatic amines is 1. The molecule has 0 saturated heterocycles. The molecule has 0 bridgehead atoms. The van der Waals surface area contributed by atoms with E-state index in [1.54, 1.807) is 6.07 Å². The van der Waals surface area contributed by atoms with Gasteiger partial charge in [-0.25, -0.2) is 23.7 Å². The number of halogens is 4. The largest absolute Gasteiger partial charge is 0.415 e. The summed E-state index contributed by atoms with van der Waals surface area (Å²) in [5, 5.41) is 9.72. The average molecular weight is 441 g/mol. The Bertz CT molecular complexity index is 1400. The van der Waals surface area contributed by atoms with Crippen molar-refractivity contribution in [2.45, 2.75) is 6.43 Å². The number of aromatic nitrogens is 6. The van der Waals surface area contributed by atoms with Gasteiger partial charge in [0.25, 0.3) is 11.8 Å². The van der Waals surface area contributed by atoms with Crippen LogP contribution in [-0.4, -0.2) is 30.1 Å². The van der Waals surface area contributed by atoms with Gasteiger partial charge in [0.15, 0.2) is 0 Å². The van der Waals surface area contributed by atoms with E-state index in [2.05, 4.69) is 35.5 Å². The van der Waals surface area contributed by atoms with E-state index < -0.39 is 24.0 Å². The molecule has 0 unspecified atom stereocenters. The van der Waals surface area contributed by atoms with Crippen LogP contribution in [0.5, 0.6) is 0 Å². The van der Waals surface area contributed by atoms with E-state index in [4.69, 9.17) is 4.42 Å². The Morgan fingerprint density at radius 1 is 0.969 bits per heavy atom. The molecule has 2 aromatic carbocycles. The number of benzene rings is 2. The number of H-pyrrole nitrogens is 1. The summed E-state index contributed by atoms with van der Waals surface area (Å²) in [5.41, 5.74) is 1.63. The quantitative estimate of drug-likeness (QED) is 0.369. The Balaban J connectivity index is 1.48. The second-order valence-corrected chi connectivity index (χ2v) is 6.59. The zero-order chi connectivity index (χ0) is 22.2. The smallest absolute Gasteiger partial charge is 0.314 e. The maximum Gasteiger partial charge on any atom is 0.314 e. The maximum absolute atomic E-state index is 14.4. The SMILES string of the molecule is Fc1cccc(F)c1-c1cc(Nc2ncc(-c3nnc(C(F)F)o3)cn2)cc2[nH]cnc12. The highest BCUT2D eigenvalue weighted by Gasteiger charge is 2.19. The van der Waals surface area contributed by atoms with E-state index in [-0.39, 0.29) is 28.5 Å². The minimum atomic E-state index is -2.89. The lowest BCUT2D eigenvalue weighted by Crippen LogP contribution is -1.98. The number of imidazole rings is 1. The van der Waals surface area contributed by atoms with Gasteiger partial charge >= 0.3 is 6.43 Å². The predicted molar refractivity (Wildman–Crippen MR) is 105 cm³/mol. The molecule has 0 fully saturated rings. The molecule has 0 amide bonds. The molecule has 12 heteroatoms. The zero-order valence-electron chi connectivity index (χ0n) is 15.9. The van der Waals surface area contributed by atoms with Crippen molar-refractivity contribution in [3.05, 3.63) is 66.6 Å². The molecule has 160 valence electrons. The molecule has 2 N–H and O–H groups in total. The molecule has 0 aliphatic rings. The Hall–Kier alpha value is -4.35. The predicted octanol–water partition coefficient (Wildman–Crippen LogP) is 5.03. The Labute approximate surface area is 176 Å². The van der Waals surface area contributed by atoms with Crippen molar-refractivity contribution in [2.75, 3.05) is 5.32 Å². The number of hydrogen-bond acceptors (Lipinski definition) is 7. The van der Waals surface area contributed by atoms with Crippen LogP contribution in [0.4, 0.5) is 29.2 Å². The van der Waals surface area contributed by atoms with Crippen molar-refractivity contribution in [1.82, 2.24) is 30.1 Å². The molecule has 0 saturated carbocycles. The lowest BCUT2D eigenvalue weighted by atomic mass is 10.0. The molecule has 3 heterocycles. The summed E-state index contributed by atoms with van der Waals surface area (Å²) in [6.45, 7) is 0. The number of nitrogens with zero attached hydrogens (tertiary/aromatic N) is 5. The molecule has 0 aliphatic carbocycles. The van der Waals surface area contributed by atoms with E-state index in [9.17, 15) is 17.6 Å². The van der Waals surface area contributed by atoms with E-state index in [1.165, 1.54) is 30.9 Å². The van der Waals surface area contributed by atoms with Gasteiger partial charge in [0.05, 0.1) is 28.5 Å². The summed E-state index contributed by atoms with van der Waals surface area (Å²) in [7, 11) is 0. The summed E-state index contributed by atoms with van der Waals surface area (Å²) < 4.78 is 58.9. The van der Waals surface area contributed by atoms with E-state index in [0.717, 1.165) is 12.1 Å². The van der Waals surface area contributed by atoms with Crippen LogP contribution in [0.2, 0.25) is 0 Å². The highest BCUT2D eigenvalue weighted by molar-refractivity contribution is 5.95. The fourth-order valence-electron chi connectivity index (χ4n) is 3.14. The highest BCUT2D eigenvalue weighted by atomic mass is 19.3. The van der Waals surface area contributed by atoms with Gasteiger partial charge in [0.2, 0.25) is 5.95 Å². The second-order valence-electron chi connectivity index (χ2n) is 6.59. The number of hydrogen-bond donors (Lipinski definition) is 2. The summed E-state index contributed by atoms with van der Waals surface area (Å²) in [6, 6.07) is 6.80. The van der Waals surface area contributed by atoms with Crippen molar-refractivity contribution in [3.63, 3.8) is 0 Å². The van der Waals surface area contributed by atoms with Gasteiger partial charge in [-0.05, 0) is 24.3 Å². The Morgan fingerprint density at radius 3 is 2.41 bits per heavy atom. The first-order valence-electron chi connectivity index (χ1n) is 9.12. The minimum absolute atomic E-state index is 0.140. The van der Waals surface area contributed by atoms with Gasteiger partial charge < -0.3 is 14.7 Å². The molecular weight excluding hydrogens is 430 g/mol. The first-order valence-corrected chi connectivity index (χ1v) is 9.12. The van der Waals surface area contributed by atoms with Crippen LogP contribution < -0.4 is 5.32 Å². The number of fused-ring (bicyclic) bond motifs is 1. The molecule has 3 aromatic heterocycles. The Morgan fingerprint density at radius 2 is 1.72 bits per heavy atom. The average Bonchev–Trinajstić information content (AvgIpc) is 3.44. The van der Waals surface area contributed by atoms with Crippen molar-refractivity contribution in [3.8, 4) is 22.6 Å². The lowest BCUT2D eigenvalue weighted by molar-refractivity contribution is 0.116. The summed E-state index contributed by atoms with van der Waals surface area (Å²) in [4.78, 5) is 15.3. The third-order valence-corrected chi connectivity index (χ3v) is 4.54. The summed E-state index contributed by atoms with van der Waals surface area (Å²) >= 11 is 0. The van der Waals surface area contributed by atoms with Gasteiger partial charge in [-0.2, -0.15) is 8.78 Å². The van der Waals surface area contributed by atoms with Gasteiger partial charge in [-0.3, -0.25) is 0 Å². The van der Waals surface area contributed by atoms with Gasteiger partial charge in [0.1, 0.15) is 11.6 Å². The van der Waals surface area contributed by atoms with E-state index in [1.807, 2.05) is 0 Å². The van der Waals surface area contributed by atoms with Crippen LogP contribution in [0.3, 0.4) is 0 Å². The molecule has 0 aliphatic heterocycles. The highest BCUT2D eigenvalue weighted by Crippen LogP contribution is 2.34. The molecule has 5 rings (SSSR count). The van der Waals surface area contributed by atoms with E-state index >= 15 is 0 Å². The monoisotopic (exact) mass is 441 g/mol. The summed E-state index contributed by atoms with van der Waals surface area (Å²) in [6.07, 6.45) is 1.15. The van der Waals surface area contributed by atoms with Crippen LogP contribution in [0.25, 0.3) is 33.6 Å². The topological polar surface area (TPSA) is 105 Å². The standard InChI is InChI=1S/C20H11F4N7O/c21-12-2-1-3-13(22)15(12)11-4-10(5-14-16(11)28-8-27-14)29-20-25-6-9(7-26-20)18-30-31-19(32-18)17(23)24/h1-8,17H,(H,27,28)(H,25,26,29). The third kappa shape index (κ3) is 3.51. The van der Waals surface area contributed by atoms with Crippen LogP contribution >= 0.6 is 0 Å². The fourth-order valence-corrected chi connectivity index (χ4v) is 3.14. The normalized spacial score (nSPS) is 11.4. The maximum atomic E-state index is 14.4. The number of alkyl halides is 2. The van der Waals surface area contributed by atoms with Crippen molar-refractivity contribution < 1.29 is 22.0 Å². The van der Waals surface area contributed by atoms with Crippen LogP contribution in [-0.2, 0) is 0 Å². The fraction of sp³-hybridized carbons (Fsp3) is 0.0500. The molecule has 0 atom stereocenters. The van der Waals surface area contributed by atoms with E-state index in [0.29, 0.717) is 16.7 Å². The molecule has 5 aromatic rings. The summed E-state index contributed by atoms with van der Waals surface area (Å²) in [5.74, 6) is -2.27. The Kier molecular flexibility index (Phi) is 4.73. The van der Waals surface area contributed by atoms with Gasteiger partial charge in [-0.15, -0.1) is 10.2 Å². The second kappa shape index (κ2) is 7.72. The third-order valence-electron chi connectivity index (χ3n) is 4.54. The minimum Gasteiger partial charge on any atom is -0.415 e. The zero-order valence-corrected chi connectivity index (χ0v) is 15.9. The molecule has 0 radical (unpaired) electrons. The molecule has 32 heavy (non-hydrogen) atoms. The molecule has 8 nitrogen and oxygen atoms in total. The van der Waals surface area contributed by atoms with Crippen molar-refractivity contribution in [2.24, 2.45) is 0 Å². The van der Waals surface area contributed by atoms with Crippen LogP contribution in [0.15, 0.2) is 53.5 Å². The molecular formula is C20H11F4N7O. The van der Waals surface area contributed by atoms with Crippen molar-refractivity contribution >= 4 is 22.7 Å². The number of nitrogens with one attached hydrogen (secondary N) is 2. The van der Waals surface area contributed by atoms with Crippen LogP contribution in [0.1, 0.15) is 12.3 Å². The van der Waals surface area contributed by atoms with Crippen molar-refractivity contribution in [1.29, 1.82) is 0 Å². The van der Waals surface area contributed by atoms with Gasteiger partial charge in [-0.1, -0.05) is 6.07 Å². The number of anilines is 2. The first-order chi connectivity index (χ1) is 15.5. The van der Waals surface area contributed by atoms with Crippen LogP contribution in [0, 0.1) is 11.6 Å². The first kappa shape index (κ1) is 19.6.